The van der Waals surface area contributed by atoms with Gasteiger partial charge in [-0.25, -0.2) is 0 Å². The van der Waals surface area contributed by atoms with Crippen LogP contribution in [0.3, 0.4) is 0 Å². The maximum Gasteiger partial charge on any atom is 0.491 e. The van der Waals surface area contributed by atoms with Crippen molar-refractivity contribution in [1.29, 1.82) is 0 Å². The zero-order valence-electron chi connectivity index (χ0n) is 13.4. The Bertz CT molecular complexity index is 598. The Morgan fingerprint density at radius 1 is 1.27 bits per heavy atom. The van der Waals surface area contributed by atoms with Crippen LogP contribution in [0, 0.1) is 0 Å². The third-order valence-electron chi connectivity index (χ3n) is 4.26. The molecule has 0 aromatic heterocycles. The third-order valence-corrected chi connectivity index (χ3v) is 4.86. The highest BCUT2D eigenvalue weighted by Crippen LogP contribution is 2.39. The van der Waals surface area contributed by atoms with Crippen LogP contribution in [0.5, 0.6) is 0 Å². The fraction of sp³-hybridized carbons (Fsp3) is 0.438. The van der Waals surface area contributed by atoms with E-state index in [1.165, 1.54) is 0 Å². The van der Waals surface area contributed by atoms with Crippen LogP contribution in [0.4, 0.5) is 0 Å². The van der Waals surface area contributed by atoms with Crippen molar-refractivity contribution in [3.8, 4) is 0 Å². The predicted octanol–water partition coefficient (Wildman–Crippen LogP) is 3.27. The maximum absolute atomic E-state index is 6.08. The number of rotatable bonds is 4. The highest BCUT2D eigenvalue weighted by Gasteiger charge is 2.52. The second kappa shape index (κ2) is 6.36. The average molecular weight is 335 g/mol. The van der Waals surface area contributed by atoms with Gasteiger partial charge in [0.15, 0.2) is 0 Å². The fourth-order valence-electron chi connectivity index (χ4n) is 2.18. The van der Waals surface area contributed by atoms with Crippen molar-refractivity contribution < 1.29 is 9.31 Å². The average Bonchev–Trinajstić information content (AvgIpc) is 2.65. The lowest BCUT2D eigenvalue weighted by molar-refractivity contribution is 0.00578. The van der Waals surface area contributed by atoms with E-state index in [4.69, 9.17) is 27.3 Å². The summed E-state index contributed by atoms with van der Waals surface area (Å²) in [7, 11) is -0.393. The van der Waals surface area contributed by atoms with Gasteiger partial charge in [-0.15, -0.1) is 0 Å². The smallest absolute Gasteiger partial charge is 0.400 e. The van der Waals surface area contributed by atoms with Gasteiger partial charge in [-0.05, 0) is 44.8 Å². The van der Waals surface area contributed by atoms with Gasteiger partial charge in [0.25, 0.3) is 0 Å². The molecule has 3 nitrogen and oxygen atoms in total. The first-order valence-electron chi connectivity index (χ1n) is 7.23. The summed E-state index contributed by atoms with van der Waals surface area (Å²) >= 11 is 9.45. The lowest BCUT2D eigenvalue weighted by Crippen LogP contribution is -2.41. The highest BCUT2D eigenvalue weighted by molar-refractivity contribution is 7.80. The molecule has 6 heteroatoms. The summed E-state index contributed by atoms with van der Waals surface area (Å²) in [4.78, 5) is 0.387. The molecule has 0 aliphatic carbocycles. The molecule has 1 fully saturated rings. The Balaban J connectivity index is 2.29. The summed E-state index contributed by atoms with van der Waals surface area (Å²) in [5.74, 6) is 0.550. The van der Waals surface area contributed by atoms with Crippen LogP contribution in [0.25, 0.3) is 6.08 Å². The molecule has 118 valence electrons. The van der Waals surface area contributed by atoms with Crippen molar-refractivity contribution in [3.05, 3.63) is 40.9 Å². The Labute approximate surface area is 143 Å². The zero-order valence-corrected chi connectivity index (χ0v) is 15.1. The second-order valence-electron chi connectivity index (χ2n) is 6.46. The molecule has 0 spiro atoms. The van der Waals surface area contributed by atoms with Gasteiger partial charge in [-0.3, -0.25) is 0 Å². The van der Waals surface area contributed by atoms with Crippen molar-refractivity contribution in [1.82, 2.24) is 0 Å². The largest absolute Gasteiger partial charge is 0.491 e. The van der Waals surface area contributed by atoms with Crippen LogP contribution >= 0.6 is 24.8 Å². The van der Waals surface area contributed by atoms with Gasteiger partial charge in [-0.2, -0.15) is 12.6 Å². The van der Waals surface area contributed by atoms with Gasteiger partial charge in [0.2, 0.25) is 0 Å². The molecular weight excluding hydrogens is 313 g/mol. The third kappa shape index (κ3) is 3.57. The first-order valence-corrected chi connectivity index (χ1v) is 8.27. The monoisotopic (exact) mass is 335 g/mol. The molecule has 1 aliphatic rings. The van der Waals surface area contributed by atoms with Crippen molar-refractivity contribution in [3.63, 3.8) is 0 Å². The normalized spacial score (nSPS) is 20.2. The topological polar surface area (TPSA) is 44.5 Å². The van der Waals surface area contributed by atoms with E-state index >= 15 is 0 Å². The molecule has 0 amide bonds. The summed E-state index contributed by atoms with van der Waals surface area (Å²) in [6.45, 7) is 8.15. The quantitative estimate of drug-likeness (QED) is 0.504. The van der Waals surface area contributed by atoms with Gasteiger partial charge >= 0.3 is 7.12 Å². The fourth-order valence-corrected chi connectivity index (χ4v) is 2.55. The first-order chi connectivity index (χ1) is 10.2. The number of thiocarbonyl (C=S) groups is 1. The Hall–Kier alpha value is -0.815. The van der Waals surface area contributed by atoms with Crippen LogP contribution in [-0.2, 0) is 9.31 Å². The molecule has 0 unspecified atom stereocenters. The van der Waals surface area contributed by atoms with E-state index in [9.17, 15) is 0 Å². The number of thiol groups is 1. The zero-order chi connectivity index (χ0) is 16.5. The highest BCUT2D eigenvalue weighted by atomic mass is 32.1. The molecule has 1 aromatic carbocycles. The summed E-state index contributed by atoms with van der Waals surface area (Å²) in [5, 5.41) is 0. The predicted molar refractivity (Wildman–Crippen MR) is 100 cm³/mol. The molecule has 0 atom stereocenters. The first kappa shape index (κ1) is 17.5. The summed E-state index contributed by atoms with van der Waals surface area (Å²) in [6.07, 6.45) is 2.02. The van der Waals surface area contributed by atoms with Crippen LogP contribution in [0.1, 0.15) is 38.8 Å². The van der Waals surface area contributed by atoms with E-state index in [1.807, 2.05) is 58.0 Å². The SMILES string of the molecule is CC1(C)OB(C(=Cc2cccc(C(N)=S)c2)CS)OC1(C)C. The summed E-state index contributed by atoms with van der Waals surface area (Å²) in [6, 6.07) is 7.78. The second-order valence-corrected chi connectivity index (χ2v) is 7.21. The van der Waals surface area contributed by atoms with Crippen molar-refractivity contribution in [2.75, 3.05) is 5.75 Å². The van der Waals surface area contributed by atoms with E-state index in [0.717, 1.165) is 16.6 Å². The van der Waals surface area contributed by atoms with Crippen LogP contribution in [0.15, 0.2) is 29.7 Å². The lowest BCUT2D eigenvalue weighted by atomic mass is 9.78. The number of hydrogen-bond acceptors (Lipinski definition) is 4. The van der Waals surface area contributed by atoms with E-state index < -0.39 is 7.12 Å². The van der Waals surface area contributed by atoms with Crippen LogP contribution in [-0.4, -0.2) is 29.1 Å². The van der Waals surface area contributed by atoms with E-state index in [1.54, 1.807) is 0 Å². The molecule has 1 aliphatic heterocycles. The van der Waals surface area contributed by atoms with Gasteiger partial charge in [-0.1, -0.05) is 36.5 Å². The van der Waals surface area contributed by atoms with Gasteiger partial charge in [0.1, 0.15) is 4.99 Å². The molecule has 1 heterocycles. The van der Waals surface area contributed by atoms with Crippen molar-refractivity contribution in [2.45, 2.75) is 38.9 Å². The van der Waals surface area contributed by atoms with Gasteiger partial charge in [0, 0.05) is 11.3 Å². The molecule has 2 rings (SSSR count). The Morgan fingerprint density at radius 2 is 1.86 bits per heavy atom. The van der Waals surface area contributed by atoms with Crippen LogP contribution < -0.4 is 5.73 Å². The summed E-state index contributed by atoms with van der Waals surface area (Å²) in [5.41, 5.74) is 7.79. The molecule has 2 N–H and O–H groups in total. The van der Waals surface area contributed by atoms with Crippen molar-refractivity contribution in [2.24, 2.45) is 5.73 Å². The molecular formula is C16H22BNO2S2. The van der Waals surface area contributed by atoms with E-state index in [0.29, 0.717) is 10.7 Å². The van der Waals surface area contributed by atoms with Crippen LogP contribution in [0.2, 0.25) is 0 Å². The lowest BCUT2D eigenvalue weighted by Gasteiger charge is -2.32. The van der Waals surface area contributed by atoms with Crippen molar-refractivity contribution >= 4 is 43.0 Å². The maximum atomic E-state index is 6.08. The molecule has 0 bridgehead atoms. The van der Waals surface area contributed by atoms with Gasteiger partial charge < -0.3 is 15.0 Å². The molecule has 1 aromatic rings. The number of nitrogens with two attached hydrogens (primary N) is 1. The van der Waals surface area contributed by atoms with E-state index in [2.05, 4.69) is 12.6 Å². The summed E-state index contributed by atoms with van der Waals surface area (Å²) < 4.78 is 12.2. The minimum atomic E-state index is -0.393. The molecule has 0 saturated carbocycles. The standard InChI is InChI=1S/C16H22BNO2S2/c1-15(2)16(3,4)20-17(19-15)13(10-21)9-11-6-5-7-12(8-11)14(18)22/h5-9,21H,10H2,1-4H3,(H2,18,22). The number of benzene rings is 1. The molecule has 0 radical (unpaired) electrons. The Morgan fingerprint density at radius 3 is 2.36 bits per heavy atom. The minimum absolute atomic E-state index is 0.361. The number of hydrogen-bond donors (Lipinski definition) is 2. The Kier molecular flexibility index (Phi) is 5.07. The molecule has 1 saturated heterocycles. The minimum Gasteiger partial charge on any atom is -0.400 e. The van der Waals surface area contributed by atoms with Gasteiger partial charge in [0.05, 0.1) is 11.2 Å². The molecule has 22 heavy (non-hydrogen) atoms. The van der Waals surface area contributed by atoms with E-state index in [-0.39, 0.29) is 11.2 Å².